The fraction of sp³-hybridized carbons (Fsp3) is 0.286. The Morgan fingerprint density at radius 1 is 1.14 bits per heavy atom. The summed E-state index contributed by atoms with van der Waals surface area (Å²) in [5.41, 5.74) is 1.77. The molecule has 0 radical (unpaired) electrons. The summed E-state index contributed by atoms with van der Waals surface area (Å²) >= 11 is -0.506. The lowest BCUT2D eigenvalue weighted by molar-refractivity contribution is 0.186. The number of hydrogen-bond acceptors (Lipinski definition) is 8. The first-order valence-corrected chi connectivity index (χ1v) is 14.3. The van der Waals surface area contributed by atoms with Gasteiger partial charge in [-0.2, -0.15) is 0 Å². The van der Waals surface area contributed by atoms with Gasteiger partial charge in [0, 0.05) is 24.8 Å². The summed E-state index contributed by atoms with van der Waals surface area (Å²) in [5.74, 6) is 2.15. The number of rotatable bonds is 14. The van der Waals surface area contributed by atoms with E-state index in [0.717, 1.165) is 30.7 Å². The molecule has 196 valence electrons. The van der Waals surface area contributed by atoms with Crippen LogP contribution in [0.3, 0.4) is 0 Å². The molecule has 0 saturated carbocycles. The Labute approximate surface area is 229 Å². The average molecular weight is 615 g/mol. The summed E-state index contributed by atoms with van der Waals surface area (Å²) in [6.07, 6.45) is 8.08. The molecule has 0 saturated heterocycles. The minimum absolute atomic E-state index is 0.353. The molecule has 2 aromatic carbocycles. The van der Waals surface area contributed by atoms with Crippen molar-refractivity contribution in [3.63, 3.8) is 0 Å². The first-order chi connectivity index (χ1) is 18.0. The first kappa shape index (κ1) is 28.6. The zero-order chi connectivity index (χ0) is 26.5. The maximum atomic E-state index is 10.1. The molecular weight excluding hydrogens is 579 g/mol. The number of hydrogen-bond donors (Lipinski definition) is 4. The molecule has 0 aliphatic carbocycles. The van der Waals surface area contributed by atoms with Crippen LogP contribution in [-0.4, -0.2) is 62.6 Å². The van der Waals surface area contributed by atoms with Crippen molar-refractivity contribution in [1.82, 2.24) is 20.2 Å². The Morgan fingerprint density at radius 3 is 2.57 bits per heavy atom. The largest absolute Gasteiger partial charge is 0.457 e. The third kappa shape index (κ3) is 9.77. The molecule has 3 aromatic rings. The third-order valence-electron chi connectivity index (χ3n) is 5.30. The minimum Gasteiger partial charge on any atom is -0.457 e. The minimum atomic E-state index is -0.650. The van der Waals surface area contributed by atoms with Gasteiger partial charge in [0.15, 0.2) is 0 Å². The van der Waals surface area contributed by atoms with Gasteiger partial charge < -0.3 is 18.3 Å². The lowest BCUT2D eigenvalue weighted by Crippen LogP contribution is -2.29. The van der Waals surface area contributed by atoms with Crippen molar-refractivity contribution in [1.29, 1.82) is 5.41 Å². The molecule has 0 aliphatic heterocycles. The van der Waals surface area contributed by atoms with Crippen LogP contribution >= 0.6 is 21.0 Å². The number of likely N-dealkylation sites (N-methyl/N-ethyl adjacent to an activating group) is 1. The van der Waals surface area contributed by atoms with Crippen LogP contribution in [0.25, 0.3) is 0 Å². The molecule has 1 heterocycles. The average Bonchev–Trinajstić information content (AvgIpc) is 2.91. The fourth-order valence-electron chi connectivity index (χ4n) is 3.28. The summed E-state index contributed by atoms with van der Waals surface area (Å²) in [4.78, 5) is 10.6. The van der Waals surface area contributed by atoms with E-state index in [1.54, 1.807) is 12.3 Å². The van der Waals surface area contributed by atoms with Crippen molar-refractivity contribution >= 4 is 36.0 Å². The van der Waals surface area contributed by atoms with E-state index < -0.39 is 27.2 Å². The predicted molar refractivity (Wildman–Crippen MR) is 160 cm³/mol. The SMILES string of the molecule is CCC(CCNC(O)/C=C/CN(C)C)=INc1ncncc1C(=N)c1ccc(Oc2ccccc2)cc1. The number of halogens is 1. The molecular formula is C28H35IN6O2. The van der Waals surface area contributed by atoms with Gasteiger partial charge in [0.05, 0.1) is 11.3 Å². The highest BCUT2D eigenvalue weighted by molar-refractivity contribution is 14.2. The first-order valence-electron chi connectivity index (χ1n) is 12.2. The molecule has 8 nitrogen and oxygen atoms in total. The van der Waals surface area contributed by atoms with Gasteiger partial charge >= 0.3 is 0 Å². The Hall–Kier alpha value is -2.99. The van der Waals surface area contributed by atoms with Crippen LogP contribution < -0.4 is 13.6 Å². The standard InChI is InChI=1S/C28H35IN6O2/c1-4-22(16-17-32-26(36)11-8-18-35(2)3)29-34-28-25(19-31-20-33-28)27(30)21-12-14-24(15-13-21)37-23-9-6-5-7-10-23/h5-15,19-20,26,30,32,36H,4,16-18H2,1-3H3,(H,31,33,34)/b11-8+,30-27?. The lowest BCUT2D eigenvalue weighted by Gasteiger charge is -2.12. The van der Waals surface area contributed by atoms with E-state index >= 15 is 0 Å². The molecule has 1 unspecified atom stereocenters. The second-order valence-electron chi connectivity index (χ2n) is 8.50. The van der Waals surface area contributed by atoms with E-state index in [4.69, 9.17) is 10.1 Å². The lowest BCUT2D eigenvalue weighted by atomic mass is 10.0. The van der Waals surface area contributed by atoms with Crippen molar-refractivity contribution in [2.75, 3.05) is 30.7 Å². The van der Waals surface area contributed by atoms with Crippen molar-refractivity contribution in [2.45, 2.75) is 26.0 Å². The maximum absolute atomic E-state index is 10.1. The van der Waals surface area contributed by atoms with Gasteiger partial charge in [-0.1, -0.05) is 31.2 Å². The van der Waals surface area contributed by atoms with Crippen LogP contribution in [0, 0.1) is 5.41 Å². The van der Waals surface area contributed by atoms with Gasteiger partial charge in [-0.25, -0.2) is 9.97 Å². The van der Waals surface area contributed by atoms with E-state index in [0.29, 0.717) is 29.4 Å². The molecule has 0 spiro atoms. The summed E-state index contributed by atoms with van der Waals surface area (Å²) in [6, 6.07) is 17.1. The molecule has 0 aliphatic rings. The van der Waals surface area contributed by atoms with E-state index in [1.165, 1.54) is 9.84 Å². The van der Waals surface area contributed by atoms with Crippen LogP contribution in [0.4, 0.5) is 5.82 Å². The highest BCUT2D eigenvalue weighted by Crippen LogP contribution is 2.24. The van der Waals surface area contributed by atoms with Gasteiger partial charge in [0.2, 0.25) is 0 Å². The number of benzene rings is 2. The highest BCUT2D eigenvalue weighted by atomic mass is 127. The number of aromatic nitrogens is 2. The summed E-state index contributed by atoms with van der Waals surface area (Å²) in [7, 11) is 3.98. The molecule has 9 heteroatoms. The van der Waals surface area contributed by atoms with Crippen molar-refractivity contribution in [3.05, 3.63) is 90.4 Å². The van der Waals surface area contributed by atoms with Crippen LogP contribution in [0.1, 0.15) is 30.9 Å². The van der Waals surface area contributed by atoms with Crippen LogP contribution in [-0.2, 0) is 0 Å². The van der Waals surface area contributed by atoms with Crippen LogP contribution in [0.5, 0.6) is 11.5 Å². The molecule has 4 N–H and O–H groups in total. The van der Waals surface area contributed by atoms with Crippen LogP contribution in [0.15, 0.2) is 79.3 Å². The van der Waals surface area contributed by atoms with E-state index in [9.17, 15) is 5.11 Å². The Balaban J connectivity index is 1.60. The number of nitrogens with zero attached hydrogens (tertiary/aromatic N) is 3. The van der Waals surface area contributed by atoms with Gasteiger partial charge in [0.1, 0.15) is 29.9 Å². The number of nitrogens with one attached hydrogen (secondary N) is 3. The topological polar surface area (TPSA) is 106 Å². The quantitative estimate of drug-likeness (QED) is 0.0668. The summed E-state index contributed by atoms with van der Waals surface area (Å²) in [6.45, 7) is 3.64. The zero-order valence-corrected chi connectivity index (χ0v) is 23.6. The Bertz CT molecular complexity index is 1180. The number of ether oxygens (including phenoxy) is 1. The number of anilines is 1. The molecule has 1 aromatic heterocycles. The summed E-state index contributed by atoms with van der Waals surface area (Å²) < 4.78 is 10.8. The molecule has 0 amide bonds. The van der Waals surface area contributed by atoms with E-state index in [-0.39, 0.29) is 0 Å². The van der Waals surface area contributed by atoms with Gasteiger partial charge in [0.25, 0.3) is 0 Å². The molecule has 1 atom stereocenters. The van der Waals surface area contributed by atoms with E-state index in [2.05, 4.69) is 25.7 Å². The predicted octanol–water partition coefficient (Wildman–Crippen LogP) is 4.98. The smallest absolute Gasteiger partial charge is 0.147 e. The number of aliphatic hydroxyl groups excluding tert-OH is 1. The van der Waals surface area contributed by atoms with Crippen molar-refractivity contribution in [2.24, 2.45) is 0 Å². The molecule has 0 fully saturated rings. The normalized spacial score (nSPS) is 12.8. The third-order valence-corrected chi connectivity index (χ3v) is 8.14. The molecule has 3 rings (SSSR count). The highest BCUT2D eigenvalue weighted by Gasteiger charge is 2.12. The molecule has 37 heavy (non-hydrogen) atoms. The van der Waals surface area contributed by atoms with Crippen LogP contribution in [0.2, 0.25) is 0 Å². The van der Waals surface area contributed by atoms with Crippen molar-refractivity contribution in [3.8, 4) is 11.5 Å². The van der Waals surface area contributed by atoms with Gasteiger partial charge in [-0.05, 0) is 93.9 Å². The Morgan fingerprint density at radius 2 is 1.86 bits per heavy atom. The molecule has 0 bridgehead atoms. The van der Waals surface area contributed by atoms with Gasteiger partial charge in [-0.15, -0.1) is 0 Å². The Kier molecular flexibility index (Phi) is 11.8. The van der Waals surface area contributed by atoms with Gasteiger partial charge in [-0.3, -0.25) is 10.7 Å². The summed E-state index contributed by atoms with van der Waals surface area (Å²) in [5, 5.41) is 22.0. The fourth-order valence-corrected chi connectivity index (χ4v) is 5.27. The number of aliphatic hydroxyl groups is 1. The van der Waals surface area contributed by atoms with Crippen molar-refractivity contribution < 1.29 is 9.84 Å². The monoisotopic (exact) mass is 614 g/mol. The maximum Gasteiger partial charge on any atom is 0.147 e. The number of para-hydroxylation sites is 1. The zero-order valence-electron chi connectivity index (χ0n) is 21.5. The van der Waals surface area contributed by atoms with E-state index in [1.807, 2.05) is 79.7 Å². The second kappa shape index (κ2) is 15.3. The second-order valence-corrected chi connectivity index (χ2v) is 11.1.